The predicted octanol–water partition coefficient (Wildman–Crippen LogP) is 3.84. The lowest BCUT2D eigenvalue weighted by atomic mass is 9.82. The SMILES string of the molecule is CC.CC1CCC(CN2CCC(OCC#CN(C)C)CC2)CC1. The van der Waals surface area contributed by atoms with Crippen molar-refractivity contribution >= 4 is 0 Å². The lowest BCUT2D eigenvalue weighted by molar-refractivity contribution is 0.0187. The highest BCUT2D eigenvalue weighted by Gasteiger charge is 2.24. The normalized spacial score (nSPS) is 25.8. The standard InChI is InChI=1S/C18H32N2O.C2H6/c1-16-5-7-17(8-6-16)15-20-12-9-18(10-13-20)21-14-4-11-19(2)3;1-2/h16-18H,5-10,12-15H2,1-3H3;1-2H3. The molecule has 1 heterocycles. The van der Waals surface area contributed by atoms with Crippen molar-refractivity contribution in [2.75, 3.05) is 40.3 Å². The first-order valence-electron chi connectivity index (χ1n) is 9.63. The molecule has 134 valence electrons. The zero-order chi connectivity index (χ0) is 17.1. The summed E-state index contributed by atoms with van der Waals surface area (Å²) in [5, 5.41) is 0. The molecule has 3 nitrogen and oxygen atoms in total. The number of rotatable bonds is 4. The fourth-order valence-corrected chi connectivity index (χ4v) is 3.49. The molecule has 1 aliphatic heterocycles. The number of hydrogen-bond donors (Lipinski definition) is 0. The van der Waals surface area contributed by atoms with E-state index >= 15 is 0 Å². The van der Waals surface area contributed by atoms with Crippen molar-refractivity contribution in [1.29, 1.82) is 0 Å². The number of ether oxygens (including phenoxy) is 1. The zero-order valence-corrected chi connectivity index (χ0v) is 16.1. The van der Waals surface area contributed by atoms with Gasteiger partial charge in [-0.1, -0.05) is 39.5 Å². The van der Waals surface area contributed by atoms with E-state index < -0.39 is 0 Å². The molecule has 2 rings (SSSR count). The lowest BCUT2D eigenvalue weighted by Gasteiger charge is -2.36. The predicted molar refractivity (Wildman–Crippen MR) is 99.3 cm³/mol. The molecule has 2 aliphatic rings. The summed E-state index contributed by atoms with van der Waals surface area (Å²) >= 11 is 0. The summed E-state index contributed by atoms with van der Waals surface area (Å²) < 4.78 is 5.86. The van der Waals surface area contributed by atoms with Gasteiger partial charge in [0.15, 0.2) is 0 Å². The molecule has 3 heteroatoms. The third kappa shape index (κ3) is 8.63. The van der Waals surface area contributed by atoms with Gasteiger partial charge in [-0.25, -0.2) is 0 Å². The third-order valence-electron chi connectivity index (χ3n) is 4.88. The van der Waals surface area contributed by atoms with Gasteiger partial charge in [-0.3, -0.25) is 0 Å². The molecule has 0 bridgehead atoms. The minimum Gasteiger partial charge on any atom is -0.365 e. The second-order valence-electron chi connectivity index (χ2n) is 7.12. The third-order valence-corrected chi connectivity index (χ3v) is 4.88. The Labute approximate surface area is 144 Å². The van der Waals surface area contributed by atoms with Gasteiger partial charge < -0.3 is 14.5 Å². The van der Waals surface area contributed by atoms with E-state index in [1.54, 1.807) is 0 Å². The fraction of sp³-hybridized carbons (Fsp3) is 0.900. The quantitative estimate of drug-likeness (QED) is 0.578. The van der Waals surface area contributed by atoms with E-state index in [4.69, 9.17) is 4.74 Å². The summed E-state index contributed by atoms with van der Waals surface area (Å²) in [7, 11) is 3.91. The summed E-state index contributed by atoms with van der Waals surface area (Å²) in [4.78, 5) is 4.53. The first-order chi connectivity index (χ1) is 11.1. The van der Waals surface area contributed by atoms with Crippen LogP contribution < -0.4 is 0 Å². The summed E-state index contributed by atoms with van der Waals surface area (Å²) in [6.45, 7) is 10.7. The van der Waals surface area contributed by atoms with Gasteiger partial charge in [-0.05, 0) is 37.5 Å². The van der Waals surface area contributed by atoms with E-state index in [0.717, 1.165) is 11.8 Å². The molecule has 1 aliphatic carbocycles. The van der Waals surface area contributed by atoms with E-state index in [1.165, 1.54) is 58.2 Å². The molecule has 1 saturated heterocycles. The van der Waals surface area contributed by atoms with Gasteiger partial charge in [-0.15, -0.1) is 0 Å². The number of piperidine rings is 1. The maximum atomic E-state index is 5.86. The first kappa shape index (κ1) is 20.3. The Bertz CT molecular complexity index is 342. The molecule has 0 radical (unpaired) electrons. The molecule has 23 heavy (non-hydrogen) atoms. The average molecular weight is 323 g/mol. The Kier molecular flexibility index (Phi) is 10.4. The van der Waals surface area contributed by atoms with Gasteiger partial charge in [0, 0.05) is 39.8 Å². The number of likely N-dealkylation sites (tertiary alicyclic amines) is 1. The first-order valence-corrected chi connectivity index (χ1v) is 9.63. The van der Waals surface area contributed by atoms with Crippen LogP contribution in [-0.2, 0) is 4.74 Å². The van der Waals surface area contributed by atoms with Crippen LogP contribution in [0.2, 0.25) is 0 Å². The number of hydrogen-bond acceptors (Lipinski definition) is 3. The zero-order valence-electron chi connectivity index (χ0n) is 16.1. The minimum atomic E-state index is 0.420. The second kappa shape index (κ2) is 11.8. The van der Waals surface area contributed by atoms with Crippen LogP contribution in [0.25, 0.3) is 0 Å². The van der Waals surface area contributed by atoms with Crippen molar-refractivity contribution in [3.8, 4) is 12.0 Å². The Morgan fingerprint density at radius 3 is 2.17 bits per heavy atom. The van der Waals surface area contributed by atoms with Crippen molar-refractivity contribution < 1.29 is 4.74 Å². The Hall–Kier alpha value is -0.720. The van der Waals surface area contributed by atoms with Crippen LogP contribution in [0.1, 0.15) is 59.3 Å². The monoisotopic (exact) mass is 322 g/mol. The van der Waals surface area contributed by atoms with Crippen LogP contribution in [0.5, 0.6) is 0 Å². The van der Waals surface area contributed by atoms with E-state index in [9.17, 15) is 0 Å². The van der Waals surface area contributed by atoms with Crippen molar-refractivity contribution in [3.63, 3.8) is 0 Å². The average Bonchev–Trinajstić information content (AvgIpc) is 2.57. The summed E-state index contributed by atoms with van der Waals surface area (Å²) in [6.07, 6.45) is 8.53. The van der Waals surface area contributed by atoms with Gasteiger partial charge in [0.2, 0.25) is 0 Å². The van der Waals surface area contributed by atoms with Crippen LogP contribution in [0.3, 0.4) is 0 Å². The topological polar surface area (TPSA) is 15.7 Å². The molecule has 0 amide bonds. The van der Waals surface area contributed by atoms with Crippen LogP contribution >= 0.6 is 0 Å². The van der Waals surface area contributed by atoms with Crippen molar-refractivity contribution in [1.82, 2.24) is 9.80 Å². The summed E-state index contributed by atoms with van der Waals surface area (Å²) in [6, 6.07) is 3.00. The molecule has 0 aromatic rings. The molecule has 0 unspecified atom stereocenters. The highest BCUT2D eigenvalue weighted by atomic mass is 16.5. The van der Waals surface area contributed by atoms with Gasteiger partial charge in [0.25, 0.3) is 0 Å². The largest absolute Gasteiger partial charge is 0.365 e. The van der Waals surface area contributed by atoms with Crippen LogP contribution in [0.4, 0.5) is 0 Å². The van der Waals surface area contributed by atoms with E-state index in [2.05, 4.69) is 23.8 Å². The molecule has 1 saturated carbocycles. The van der Waals surface area contributed by atoms with E-state index in [1.807, 2.05) is 32.8 Å². The smallest absolute Gasteiger partial charge is 0.109 e. The molecule has 0 N–H and O–H groups in total. The van der Waals surface area contributed by atoms with Crippen LogP contribution in [0.15, 0.2) is 0 Å². The molecule has 0 spiro atoms. The van der Waals surface area contributed by atoms with Crippen molar-refractivity contribution in [2.45, 2.75) is 65.4 Å². The Morgan fingerprint density at radius 1 is 1.00 bits per heavy atom. The van der Waals surface area contributed by atoms with Crippen molar-refractivity contribution in [3.05, 3.63) is 0 Å². The van der Waals surface area contributed by atoms with Gasteiger partial charge in [-0.2, -0.15) is 0 Å². The summed E-state index contributed by atoms with van der Waals surface area (Å²) in [5.74, 6) is 4.96. The van der Waals surface area contributed by atoms with Gasteiger partial charge >= 0.3 is 0 Å². The Morgan fingerprint density at radius 2 is 1.61 bits per heavy atom. The van der Waals surface area contributed by atoms with Crippen LogP contribution in [-0.4, -0.2) is 56.2 Å². The highest BCUT2D eigenvalue weighted by molar-refractivity contribution is 4.96. The molecular weight excluding hydrogens is 284 g/mol. The number of nitrogens with zero attached hydrogens (tertiary/aromatic N) is 2. The molecule has 0 aromatic heterocycles. The molecular formula is C20H38N2O. The highest BCUT2D eigenvalue weighted by Crippen LogP contribution is 2.29. The van der Waals surface area contributed by atoms with E-state index in [-0.39, 0.29) is 0 Å². The maximum Gasteiger partial charge on any atom is 0.109 e. The van der Waals surface area contributed by atoms with Crippen LogP contribution in [0, 0.1) is 23.8 Å². The van der Waals surface area contributed by atoms with Gasteiger partial charge in [0.1, 0.15) is 6.61 Å². The fourth-order valence-electron chi connectivity index (χ4n) is 3.49. The van der Waals surface area contributed by atoms with E-state index in [0.29, 0.717) is 12.7 Å². The minimum absolute atomic E-state index is 0.420. The maximum absolute atomic E-state index is 5.86. The Balaban J connectivity index is 0.00000127. The lowest BCUT2D eigenvalue weighted by Crippen LogP contribution is -2.40. The van der Waals surface area contributed by atoms with Gasteiger partial charge in [0.05, 0.1) is 6.10 Å². The molecule has 2 fully saturated rings. The molecule has 0 atom stereocenters. The summed E-state index contributed by atoms with van der Waals surface area (Å²) in [5.41, 5.74) is 0. The second-order valence-corrected chi connectivity index (χ2v) is 7.12. The van der Waals surface area contributed by atoms with Crippen molar-refractivity contribution in [2.24, 2.45) is 11.8 Å². The molecule has 0 aromatic carbocycles.